The van der Waals surface area contributed by atoms with E-state index in [-0.39, 0.29) is 5.75 Å². The predicted octanol–water partition coefficient (Wildman–Crippen LogP) is -4.47. The van der Waals surface area contributed by atoms with Gasteiger partial charge in [0, 0.05) is 25.1 Å². The number of carbonyl (C=O) groups excluding carboxylic acids is 3. The number of aliphatic hydroxyl groups is 1. The zero-order valence-corrected chi connectivity index (χ0v) is 22.8. The third kappa shape index (κ3) is 15.5. The molecule has 0 heterocycles. The van der Waals surface area contributed by atoms with E-state index in [1.165, 1.54) is 0 Å². The van der Waals surface area contributed by atoms with Crippen LogP contribution in [0.15, 0.2) is 0 Å². The van der Waals surface area contributed by atoms with E-state index in [9.17, 15) is 48.6 Å². The highest BCUT2D eigenvalue weighted by Gasteiger charge is 2.30. The zero-order chi connectivity index (χ0) is 32.6. The summed E-state index contributed by atoms with van der Waals surface area (Å²) in [6, 6.07) is -8.93. The highest BCUT2D eigenvalue weighted by Crippen LogP contribution is 2.03. The molecule has 1 unspecified atom stereocenters. The van der Waals surface area contributed by atoms with Gasteiger partial charge in [-0.05, 0) is 12.8 Å². The molecule has 0 aromatic carbocycles. The number of carboxylic acid groups (broad SMARTS) is 5. The molecule has 238 valence electrons. The summed E-state index contributed by atoms with van der Waals surface area (Å²) in [6.07, 6.45) is -4.73. The average molecular weight is 627 g/mol. The maximum absolute atomic E-state index is 12.4. The largest absolute Gasteiger partial charge is 0.481 e. The van der Waals surface area contributed by atoms with E-state index in [1.54, 1.807) is 0 Å². The number of rotatable bonds is 21. The first-order valence-corrected chi connectivity index (χ1v) is 12.7. The first kappa shape index (κ1) is 37.8. The summed E-state index contributed by atoms with van der Waals surface area (Å²) in [5.74, 6) is -9.42. The van der Waals surface area contributed by atoms with Crippen molar-refractivity contribution in [2.24, 2.45) is 5.73 Å². The van der Waals surface area contributed by atoms with Gasteiger partial charge in [-0.2, -0.15) is 12.6 Å². The molecule has 0 spiro atoms. The first-order chi connectivity index (χ1) is 19.5. The highest BCUT2D eigenvalue weighted by atomic mass is 32.1. The molecule has 0 saturated carbocycles. The van der Waals surface area contributed by atoms with Crippen LogP contribution in [-0.2, 0) is 33.6 Å². The fraction of sp³-hybridized carbons (Fsp3) is 0.619. The average Bonchev–Trinajstić information content (AvgIpc) is 2.88. The van der Waals surface area contributed by atoms with E-state index in [1.807, 2.05) is 10.6 Å². The summed E-state index contributed by atoms with van der Waals surface area (Å²) in [4.78, 5) is 92.0. The van der Waals surface area contributed by atoms with Gasteiger partial charge >= 0.3 is 35.9 Å². The van der Waals surface area contributed by atoms with Crippen LogP contribution in [0.3, 0.4) is 0 Å². The van der Waals surface area contributed by atoms with Crippen molar-refractivity contribution in [2.45, 2.75) is 68.5 Å². The second-order valence-corrected chi connectivity index (χ2v) is 9.04. The number of nitrogens with two attached hydrogens (primary N) is 1. The number of hydrogen-bond acceptors (Lipinski definition) is 12. The minimum Gasteiger partial charge on any atom is -0.481 e. The van der Waals surface area contributed by atoms with Gasteiger partial charge in [-0.15, -0.1) is 0 Å². The highest BCUT2D eigenvalue weighted by molar-refractivity contribution is 7.80. The van der Waals surface area contributed by atoms with E-state index < -0.39 is 123 Å². The maximum atomic E-state index is 12.4. The summed E-state index contributed by atoms with van der Waals surface area (Å²) in [6.45, 7) is -0.530. The Balaban J connectivity index is 4.94. The third-order valence-corrected chi connectivity index (χ3v) is 5.69. The van der Waals surface area contributed by atoms with Gasteiger partial charge in [0.15, 0.2) is 0 Å². The summed E-state index contributed by atoms with van der Waals surface area (Å²) in [5.41, 5.74) is 5.68. The molecule has 0 aliphatic carbocycles. The summed E-state index contributed by atoms with van der Waals surface area (Å²) in [7, 11) is 0. The van der Waals surface area contributed by atoms with Crippen LogP contribution < -0.4 is 32.3 Å². The SMILES string of the molecule is N[C@@H](CNC(=O)CC[C@H](NC(=O)N[C@@H](CCC(=O)O)C(=O)O)C(=O)O)C(=O)N[C@@H](CC(=O)O)C(O)N[C@@H](CS)C(=O)O. The van der Waals surface area contributed by atoms with Crippen molar-refractivity contribution < 1.29 is 69.0 Å². The standard InChI is InChI=1S/C21H34N6O14S/c22-8(16(33)24-11(5-15(31)32)17(34)25-12(7-42)20(39)40)6-23-13(28)3-1-9(18(35)36)26-21(41)27-10(19(37)38)2-4-14(29)30/h8-12,17,25,34,42H,1-7,22H2,(H,23,28)(H,24,33)(H,29,30)(H,31,32)(H,35,36)(H,37,38)(H,39,40)(H2,26,27,41)/t8-,9-,10-,11-,12-,17?/m0/s1. The fourth-order valence-electron chi connectivity index (χ4n) is 3.06. The molecule has 0 saturated heterocycles. The lowest BCUT2D eigenvalue weighted by Gasteiger charge is -2.27. The van der Waals surface area contributed by atoms with Crippen LogP contribution in [-0.4, -0.2) is 127 Å². The molecule has 13 N–H and O–H groups in total. The first-order valence-electron chi connectivity index (χ1n) is 12.0. The lowest BCUT2D eigenvalue weighted by Crippen LogP contribution is -2.59. The van der Waals surface area contributed by atoms with Crippen molar-refractivity contribution >= 4 is 60.3 Å². The van der Waals surface area contributed by atoms with Crippen LogP contribution in [0, 0.1) is 0 Å². The van der Waals surface area contributed by atoms with Gasteiger partial charge in [0.1, 0.15) is 30.4 Å². The van der Waals surface area contributed by atoms with Crippen LogP contribution in [0.25, 0.3) is 0 Å². The number of nitrogens with one attached hydrogen (secondary N) is 5. The van der Waals surface area contributed by atoms with Gasteiger partial charge in [-0.3, -0.25) is 29.3 Å². The molecule has 21 heteroatoms. The molecule has 0 aromatic heterocycles. The maximum Gasteiger partial charge on any atom is 0.326 e. The molecule has 0 radical (unpaired) electrons. The van der Waals surface area contributed by atoms with Crippen LogP contribution in [0.5, 0.6) is 0 Å². The molecule has 0 aliphatic rings. The molecule has 0 aromatic rings. The van der Waals surface area contributed by atoms with Crippen molar-refractivity contribution in [3.63, 3.8) is 0 Å². The second-order valence-electron chi connectivity index (χ2n) is 8.68. The lowest BCUT2D eigenvalue weighted by molar-refractivity contribution is -0.142. The van der Waals surface area contributed by atoms with Crippen molar-refractivity contribution in [1.29, 1.82) is 0 Å². The van der Waals surface area contributed by atoms with E-state index in [4.69, 9.17) is 26.2 Å². The van der Waals surface area contributed by atoms with Crippen molar-refractivity contribution in [2.75, 3.05) is 12.3 Å². The van der Waals surface area contributed by atoms with Gasteiger partial charge in [-0.25, -0.2) is 14.4 Å². The molecule has 20 nitrogen and oxygen atoms in total. The smallest absolute Gasteiger partial charge is 0.326 e. The minimum atomic E-state index is -1.83. The van der Waals surface area contributed by atoms with E-state index in [0.717, 1.165) is 0 Å². The number of aliphatic carboxylic acids is 5. The Bertz CT molecular complexity index is 1010. The number of carbonyl (C=O) groups is 8. The number of thiol groups is 1. The number of hydrogen-bond donors (Lipinski definition) is 13. The molecule has 0 fully saturated rings. The summed E-state index contributed by atoms with van der Waals surface area (Å²) in [5, 5.41) is 65.7. The molecular weight excluding hydrogens is 592 g/mol. The quantitative estimate of drug-likeness (QED) is 0.0422. The number of aliphatic hydroxyl groups excluding tert-OH is 1. The van der Waals surface area contributed by atoms with Gasteiger partial charge < -0.3 is 57.6 Å². The molecule has 6 atom stereocenters. The Hall–Kier alpha value is -4.21. The molecular formula is C21H34N6O14S. The van der Waals surface area contributed by atoms with Crippen LogP contribution in [0.2, 0.25) is 0 Å². The van der Waals surface area contributed by atoms with Crippen molar-refractivity contribution in [3.05, 3.63) is 0 Å². The monoisotopic (exact) mass is 626 g/mol. The Labute approximate surface area is 242 Å². The number of urea groups is 1. The Morgan fingerprint density at radius 3 is 1.64 bits per heavy atom. The van der Waals surface area contributed by atoms with Crippen LogP contribution >= 0.6 is 12.6 Å². The lowest BCUT2D eigenvalue weighted by atomic mass is 10.1. The Morgan fingerprint density at radius 2 is 1.21 bits per heavy atom. The third-order valence-electron chi connectivity index (χ3n) is 5.33. The molecule has 4 amide bonds. The number of carboxylic acids is 5. The van der Waals surface area contributed by atoms with Crippen molar-refractivity contribution in [3.8, 4) is 0 Å². The van der Waals surface area contributed by atoms with Crippen LogP contribution in [0.4, 0.5) is 4.79 Å². The minimum absolute atomic E-state index is 0.274. The number of amides is 4. The predicted molar refractivity (Wildman–Crippen MR) is 140 cm³/mol. The van der Waals surface area contributed by atoms with Gasteiger partial charge in [-0.1, -0.05) is 0 Å². The molecule has 0 aliphatic heterocycles. The Morgan fingerprint density at radius 1 is 0.714 bits per heavy atom. The van der Waals surface area contributed by atoms with E-state index in [0.29, 0.717) is 0 Å². The Kier molecular flexibility index (Phi) is 17.1. The topological polar surface area (TPSA) is 344 Å². The van der Waals surface area contributed by atoms with Gasteiger partial charge in [0.25, 0.3) is 0 Å². The summed E-state index contributed by atoms with van der Waals surface area (Å²) >= 11 is 3.79. The van der Waals surface area contributed by atoms with Crippen LogP contribution in [0.1, 0.15) is 32.1 Å². The molecule has 42 heavy (non-hydrogen) atoms. The molecule has 0 rings (SSSR count). The second kappa shape index (κ2) is 19.0. The fourth-order valence-corrected chi connectivity index (χ4v) is 3.33. The summed E-state index contributed by atoms with van der Waals surface area (Å²) < 4.78 is 0. The molecule has 0 bridgehead atoms. The van der Waals surface area contributed by atoms with E-state index >= 15 is 0 Å². The van der Waals surface area contributed by atoms with Crippen molar-refractivity contribution in [1.82, 2.24) is 26.6 Å². The van der Waals surface area contributed by atoms with Gasteiger partial charge in [0.2, 0.25) is 11.8 Å². The normalized spacial score (nSPS) is 15.0. The van der Waals surface area contributed by atoms with E-state index in [2.05, 4.69) is 28.6 Å². The van der Waals surface area contributed by atoms with Gasteiger partial charge in [0.05, 0.1) is 12.5 Å². The zero-order valence-electron chi connectivity index (χ0n) is 21.9.